The van der Waals surface area contributed by atoms with Crippen molar-refractivity contribution in [3.8, 4) is 6.07 Å². The first-order valence-electron chi connectivity index (χ1n) is 6.14. The fourth-order valence-corrected chi connectivity index (χ4v) is 2.30. The number of ether oxygens (including phenoxy) is 1. The standard InChI is InChI=1S/C12H19F3N2O/c1-9(2)17-11(8-16)4-3-10(7-11)18-6-5-12(13,14)15/h9-10,17H,3-7H2,1-2H3. The number of nitrogens with zero attached hydrogens (tertiary/aromatic N) is 1. The Hall–Kier alpha value is -0.800. The van der Waals surface area contributed by atoms with E-state index < -0.39 is 18.1 Å². The molecule has 1 aliphatic carbocycles. The summed E-state index contributed by atoms with van der Waals surface area (Å²) in [7, 11) is 0. The van der Waals surface area contributed by atoms with E-state index in [1.54, 1.807) is 0 Å². The summed E-state index contributed by atoms with van der Waals surface area (Å²) in [5.74, 6) is 0. The normalized spacial score (nSPS) is 28.6. The number of nitrogens with one attached hydrogen (secondary N) is 1. The van der Waals surface area contributed by atoms with E-state index in [4.69, 9.17) is 4.74 Å². The Bertz CT molecular complexity index is 311. The molecule has 0 aliphatic heterocycles. The van der Waals surface area contributed by atoms with Gasteiger partial charge in [0.15, 0.2) is 0 Å². The van der Waals surface area contributed by atoms with Crippen molar-refractivity contribution in [1.82, 2.24) is 5.32 Å². The van der Waals surface area contributed by atoms with Crippen LogP contribution in [0.15, 0.2) is 0 Å². The number of nitriles is 1. The molecule has 1 fully saturated rings. The van der Waals surface area contributed by atoms with Crippen LogP contribution in [-0.4, -0.2) is 30.5 Å². The molecule has 0 spiro atoms. The first-order chi connectivity index (χ1) is 8.26. The van der Waals surface area contributed by atoms with Gasteiger partial charge in [-0.25, -0.2) is 0 Å². The summed E-state index contributed by atoms with van der Waals surface area (Å²) in [5, 5.41) is 12.4. The third-order valence-electron chi connectivity index (χ3n) is 2.99. The predicted molar refractivity (Wildman–Crippen MR) is 60.9 cm³/mol. The van der Waals surface area contributed by atoms with Crippen molar-refractivity contribution >= 4 is 0 Å². The van der Waals surface area contributed by atoms with Gasteiger partial charge in [0, 0.05) is 12.5 Å². The quantitative estimate of drug-likeness (QED) is 0.830. The van der Waals surface area contributed by atoms with Crippen LogP contribution in [-0.2, 0) is 4.74 Å². The maximum atomic E-state index is 12.0. The van der Waals surface area contributed by atoms with E-state index in [0.717, 1.165) is 0 Å². The first-order valence-corrected chi connectivity index (χ1v) is 6.14. The van der Waals surface area contributed by atoms with Crippen molar-refractivity contribution in [2.24, 2.45) is 0 Å². The molecule has 0 aromatic rings. The van der Waals surface area contributed by atoms with Gasteiger partial charge in [-0.05, 0) is 26.7 Å². The maximum Gasteiger partial charge on any atom is 0.391 e. The van der Waals surface area contributed by atoms with Gasteiger partial charge in [-0.2, -0.15) is 18.4 Å². The van der Waals surface area contributed by atoms with E-state index in [1.165, 1.54) is 0 Å². The van der Waals surface area contributed by atoms with Gasteiger partial charge in [-0.3, -0.25) is 5.32 Å². The highest BCUT2D eigenvalue weighted by Gasteiger charge is 2.40. The Morgan fingerprint density at radius 1 is 1.50 bits per heavy atom. The molecule has 0 aromatic carbocycles. The van der Waals surface area contributed by atoms with Gasteiger partial charge in [0.05, 0.1) is 25.2 Å². The summed E-state index contributed by atoms with van der Waals surface area (Å²) in [6.45, 7) is 3.56. The van der Waals surface area contributed by atoms with Crippen molar-refractivity contribution in [1.29, 1.82) is 5.26 Å². The van der Waals surface area contributed by atoms with E-state index in [-0.39, 0.29) is 18.8 Å². The van der Waals surface area contributed by atoms with Crippen LogP contribution < -0.4 is 5.32 Å². The smallest absolute Gasteiger partial charge is 0.378 e. The Kier molecular flexibility index (Phi) is 5.00. The third-order valence-corrected chi connectivity index (χ3v) is 2.99. The van der Waals surface area contributed by atoms with Crippen LogP contribution >= 0.6 is 0 Å². The zero-order chi connectivity index (χ0) is 13.8. The van der Waals surface area contributed by atoms with Gasteiger partial charge in [-0.1, -0.05) is 0 Å². The second-order valence-electron chi connectivity index (χ2n) is 5.09. The number of rotatable bonds is 5. The van der Waals surface area contributed by atoms with Crippen LogP contribution in [0.25, 0.3) is 0 Å². The molecule has 3 nitrogen and oxygen atoms in total. The molecule has 0 aromatic heterocycles. The molecule has 1 aliphatic rings. The molecule has 0 heterocycles. The lowest BCUT2D eigenvalue weighted by atomic mass is 9.98. The highest BCUT2D eigenvalue weighted by molar-refractivity contribution is 5.12. The monoisotopic (exact) mass is 264 g/mol. The van der Waals surface area contributed by atoms with Gasteiger partial charge in [0.2, 0.25) is 0 Å². The zero-order valence-electron chi connectivity index (χ0n) is 10.7. The molecule has 1 rings (SSSR count). The van der Waals surface area contributed by atoms with Gasteiger partial charge in [0.1, 0.15) is 5.54 Å². The molecule has 18 heavy (non-hydrogen) atoms. The number of hydrogen-bond acceptors (Lipinski definition) is 3. The summed E-state index contributed by atoms with van der Waals surface area (Å²) in [6.07, 6.45) is -3.65. The molecule has 1 N–H and O–H groups in total. The van der Waals surface area contributed by atoms with E-state index in [0.29, 0.717) is 19.3 Å². The summed E-state index contributed by atoms with van der Waals surface area (Å²) < 4.78 is 41.1. The second kappa shape index (κ2) is 5.89. The number of hydrogen-bond donors (Lipinski definition) is 1. The van der Waals surface area contributed by atoms with Crippen LogP contribution in [0.3, 0.4) is 0 Å². The highest BCUT2D eigenvalue weighted by Crippen LogP contribution is 2.32. The van der Waals surface area contributed by atoms with Crippen LogP contribution in [0.5, 0.6) is 0 Å². The molecular weight excluding hydrogens is 245 g/mol. The minimum atomic E-state index is -4.18. The lowest BCUT2D eigenvalue weighted by Crippen LogP contribution is -2.45. The largest absolute Gasteiger partial charge is 0.391 e. The summed E-state index contributed by atoms with van der Waals surface area (Å²) >= 11 is 0. The molecule has 0 radical (unpaired) electrons. The lowest BCUT2D eigenvalue weighted by molar-refractivity contribution is -0.148. The van der Waals surface area contributed by atoms with Crippen molar-refractivity contribution < 1.29 is 17.9 Å². The second-order valence-corrected chi connectivity index (χ2v) is 5.09. The summed E-state index contributed by atoms with van der Waals surface area (Å²) in [5.41, 5.74) is -0.642. The van der Waals surface area contributed by atoms with Crippen molar-refractivity contribution in [2.75, 3.05) is 6.61 Å². The van der Waals surface area contributed by atoms with Gasteiger partial charge >= 0.3 is 6.18 Å². The molecule has 0 bridgehead atoms. The van der Waals surface area contributed by atoms with Crippen molar-refractivity contribution in [2.45, 2.75) is 63.4 Å². The molecule has 2 atom stereocenters. The van der Waals surface area contributed by atoms with Crippen LogP contribution in [0.4, 0.5) is 13.2 Å². The summed E-state index contributed by atoms with van der Waals surface area (Å²) in [6, 6.07) is 2.40. The van der Waals surface area contributed by atoms with Crippen molar-refractivity contribution in [3.05, 3.63) is 0 Å². The topological polar surface area (TPSA) is 45.0 Å². The number of halogens is 3. The van der Waals surface area contributed by atoms with E-state index in [1.807, 2.05) is 13.8 Å². The SMILES string of the molecule is CC(C)NC1(C#N)CCC(OCCC(F)(F)F)C1. The average molecular weight is 264 g/mol. The Morgan fingerprint density at radius 3 is 2.67 bits per heavy atom. The maximum absolute atomic E-state index is 12.0. The zero-order valence-corrected chi connectivity index (χ0v) is 10.7. The van der Waals surface area contributed by atoms with Gasteiger partial charge in [-0.15, -0.1) is 0 Å². The van der Waals surface area contributed by atoms with Gasteiger partial charge < -0.3 is 4.74 Å². The molecule has 1 saturated carbocycles. The molecule has 104 valence electrons. The fourth-order valence-electron chi connectivity index (χ4n) is 2.30. The first kappa shape index (κ1) is 15.3. The third kappa shape index (κ3) is 4.83. The lowest BCUT2D eigenvalue weighted by Gasteiger charge is -2.25. The molecule has 2 unspecified atom stereocenters. The van der Waals surface area contributed by atoms with E-state index >= 15 is 0 Å². The minimum absolute atomic E-state index is 0.165. The van der Waals surface area contributed by atoms with E-state index in [9.17, 15) is 18.4 Å². The molecule has 0 amide bonds. The number of alkyl halides is 3. The minimum Gasteiger partial charge on any atom is -0.378 e. The molecule has 6 heteroatoms. The molecule has 0 saturated heterocycles. The Labute approximate surface area is 105 Å². The van der Waals surface area contributed by atoms with Crippen LogP contribution in [0, 0.1) is 11.3 Å². The Balaban J connectivity index is 2.38. The Morgan fingerprint density at radius 2 is 2.17 bits per heavy atom. The summed E-state index contributed by atoms with van der Waals surface area (Å²) in [4.78, 5) is 0. The van der Waals surface area contributed by atoms with Crippen LogP contribution in [0.1, 0.15) is 39.5 Å². The fraction of sp³-hybridized carbons (Fsp3) is 0.917. The predicted octanol–water partition coefficient (Wildman–Crippen LogP) is 2.77. The highest BCUT2D eigenvalue weighted by atomic mass is 19.4. The van der Waals surface area contributed by atoms with Crippen molar-refractivity contribution in [3.63, 3.8) is 0 Å². The van der Waals surface area contributed by atoms with Crippen LogP contribution in [0.2, 0.25) is 0 Å². The van der Waals surface area contributed by atoms with Gasteiger partial charge in [0.25, 0.3) is 0 Å². The molecular formula is C12H19F3N2O. The van der Waals surface area contributed by atoms with E-state index in [2.05, 4.69) is 11.4 Å². The average Bonchev–Trinajstić information content (AvgIpc) is 2.59.